The van der Waals surface area contributed by atoms with Gasteiger partial charge in [0.1, 0.15) is 30.5 Å². The summed E-state index contributed by atoms with van der Waals surface area (Å²) in [5.74, 6) is -4.80. The van der Waals surface area contributed by atoms with Crippen molar-refractivity contribution in [2.45, 2.75) is 117 Å². The standard InChI is InChI=1S/C34H60N2O19/c1-13-18(10-49-7-15-14(2)52-19(9-47-4)22(35)25(15)39)54-32(34(45)46)30(24(13)38)51-12-20-23(36-3)26(40)16(17(6-37)53-20)8-50-11-21-27(41)28(42)29(48-5)31(55-21)33(43)44/h13-32,36-42H,6-12,35H2,1-5H3,(H,43,44)(H,45,46)/t13?,14?,15-,16-,17?,18-,19-,20-,21-,22?,23?,24+,25-,26-,27?,28+,29+,30+,31?,32?/m0/s1. The first kappa shape index (κ1) is 46.0. The van der Waals surface area contributed by atoms with Gasteiger partial charge in [-0.2, -0.15) is 0 Å². The average molecular weight is 801 g/mol. The van der Waals surface area contributed by atoms with Crippen molar-refractivity contribution in [1.29, 1.82) is 0 Å². The lowest BCUT2D eigenvalue weighted by Crippen LogP contribution is -2.64. The summed E-state index contributed by atoms with van der Waals surface area (Å²) in [4.78, 5) is 24.0. The summed E-state index contributed by atoms with van der Waals surface area (Å²) in [5, 5.41) is 87.0. The Morgan fingerprint density at radius 3 is 1.84 bits per heavy atom. The SMILES string of the molecule is CNC1[C@H](CO[C@H]2C(C(=O)O)O[C@@H](COC[C@H]3C(C)O[C@@H](COC)C(N)[C@H]3O)C(C)[C@H]2O)OC(CO)[C@H](COC[C@@H]2OC(C(=O)O)[C@H](OC)[C@H](O)C2O)[C@@H]1O. The molecule has 21 nitrogen and oxygen atoms in total. The summed E-state index contributed by atoms with van der Waals surface area (Å²) in [6.07, 6.45) is -17.5. The third-order valence-corrected chi connectivity index (χ3v) is 11.3. The maximum Gasteiger partial charge on any atom is 0.335 e. The number of hydrogen-bond donors (Lipinski definition) is 10. The van der Waals surface area contributed by atoms with Crippen LogP contribution in [0.3, 0.4) is 0 Å². The molecule has 0 radical (unpaired) electrons. The number of nitrogens with one attached hydrogen (secondary N) is 1. The lowest BCUT2D eigenvalue weighted by Gasteiger charge is -2.46. The van der Waals surface area contributed by atoms with E-state index in [2.05, 4.69) is 5.32 Å². The molecule has 0 aliphatic carbocycles. The minimum Gasteiger partial charge on any atom is -0.479 e. The molecule has 11 N–H and O–H groups in total. The Bertz CT molecular complexity index is 1210. The van der Waals surface area contributed by atoms with Crippen LogP contribution in [-0.4, -0.2) is 224 Å². The number of aliphatic carboxylic acids is 2. The highest BCUT2D eigenvalue weighted by Gasteiger charge is 2.51. The molecule has 4 saturated heterocycles. The number of ether oxygens (including phenoxy) is 9. The molecule has 0 aromatic rings. The van der Waals surface area contributed by atoms with Crippen molar-refractivity contribution in [1.82, 2.24) is 5.32 Å². The minimum atomic E-state index is -1.61. The first-order chi connectivity index (χ1) is 26.1. The topological polar surface area (TPSA) is 317 Å². The minimum absolute atomic E-state index is 0.0281. The van der Waals surface area contributed by atoms with E-state index in [0.717, 1.165) is 0 Å². The molecule has 0 aromatic carbocycles. The molecule has 0 spiro atoms. The van der Waals surface area contributed by atoms with Gasteiger partial charge in [-0.1, -0.05) is 6.92 Å². The number of methoxy groups -OCH3 is 2. The largest absolute Gasteiger partial charge is 0.479 e. The van der Waals surface area contributed by atoms with Crippen LogP contribution in [-0.2, 0) is 52.2 Å². The molecule has 0 bridgehead atoms. The fraction of sp³-hybridized carbons (Fsp3) is 0.941. The second-order valence-corrected chi connectivity index (χ2v) is 14.7. The molecule has 20 atom stereocenters. The van der Waals surface area contributed by atoms with E-state index < -0.39 is 140 Å². The molecule has 21 heteroatoms. The summed E-state index contributed by atoms with van der Waals surface area (Å²) >= 11 is 0. The Morgan fingerprint density at radius 1 is 0.655 bits per heavy atom. The van der Waals surface area contributed by atoms with Crippen molar-refractivity contribution in [2.24, 2.45) is 23.5 Å². The van der Waals surface area contributed by atoms with Gasteiger partial charge in [-0.25, -0.2) is 9.59 Å². The van der Waals surface area contributed by atoms with Crippen molar-refractivity contribution >= 4 is 11.9 Å². The third-order valence-electron chi connectivity index (χ3n) is 11.3. The summed E-state index contributed by atoms with van der Waals surface area (Å²) in [6.45, 7) is 2.06. The Morgan fingerprint density at radius 2 is 1.25 bits per heavy atom. The van der Waals surface area contributed by atoms with Crippen LogP contribution >= 0.6 is 0 Å². The Labute approximate surface area is 318 Å². The van der Waals surface area contributed by atoms with Crippen molar-refractivity contribution in [2.75, 3.05) is 67.5 Å². The van der Waals surface area contributed by atoms with E-state index in [1.54, 1.807) is 20.9 Å². The lowest BCUT2D eigenvalue weighted by atomic mass is 9.85. The third kappa shape index (κ3) is 10.5. The predicted octanol–water partition coefficient (Wildman–Crippen LogP) is -5.09. The number of likely N-dealkylation sites (N-methyl/N-ethyl adjacent to an activating group) is 1. The molecular formula is C34H60N2O19. The smallest absolute Gasteiger partial charge is 0.335 e. The molecule has 55 heavy (non-hydrogen) atoms. The summed E-state index contributed by atoms with van der Waals surface area (Å²) in [6, 6.07) is -1.54. The van der Waals surface area contributed by atoms with Gasteiger partial charge in [0.25, 0.3) is 0 Å². The first-order valence-electron chi connectivity index (χ1n) is 18.4. The van der Waals surface area contributed by atoms with E-state index >= 15 is 0 Å². The number of hydrogen-bond acceptors (Lipinski definition) is 19. The molecule has 0 aromatic heterocycles. The van der Waals surface area contributed by atoms with Crippen LogP contribution in [0.1, 0.15) is 13.8 Å². The highest BCUT2D eigenvalue weighted by Crippen LogP contribution is 2.33. The van der Waals surface area contributed by atoms with Gasteiger partial charge >= 0.3 is 11.9 Å². The normalized spacial score (nSPS) is 45.3. The van der Waals surface area contributed by atoms with Crippen LogP contribution in [0.4, 0.5) is 0 Å². The van der Waals surface area contributed by atoms with Gasteiger partial charge in [0.2, 0.25) is 0 Å². The Balaban J connectivity index is 1.32. The molecule has 8 unspecified atom stereocenters. The fourth-order valence-corrected chi connectivity index (χ4v) is 7.85. The number of aliphatic hydroxyl groups excluding tert-OH is 6. The van der Waals surface area contributed by atoms with E-state index in [0.29, 0.717) is 0 Å². The van der Waals surface area contributed by atoms with Gasteiger partial charge < -0.3 is 94.5 Å². The number of carboxylic acid groups (broad SMARTS) is 2. The van der Waals surface area contributed by atoms with Gasteiger partial charge in [0.05, 0.1) is 107 Å². The maximum atomic E-state index is 12.4. The van der Waals surface area contributed by atoms with Crippen LogP contribution in [0.5, 0.6) is 0 Å². The second-order valence-electron chi connectivity index (χ2n) is 14.7. The second kappa shape index (κ2) is 20.8. The van der Waals surface area contributed by atoms with E-state index in [4.69, 9.17) is 48.4 Å². The van der Waals surface area contributed by atoms with Crippen molar-refractivity contribution < 1.29 is 93.1 Å². The molecule has 320 valence electrons. The Kier molecular flexibility index (Phi) is 17.4. The van der Waals surface area contributed by atoms with E-state index in [1.165, 1.54) is 14.2 Å². The van der Waals surface area contributed by atoms with Crippen LogP contribution < -0.4 is 11.1 Å². The number of carboxylic acids is 2. The molecule has 0 saturated carbocycles. The summed E-state index contributed by atoms with van der Waals surface area (Å²) in [5.41, 5.74) is 6.15. The van der Waals surface area contributed by atoms with Crippen molar-refractivity contribution in [3.8, 4) is 0 Å². The molecular weight excluding hydrogens is 740 g/mol. The summed E-state index contributed by atoms with van der Waals surface area (Å²) in [7, 11) is 4.23. The van der Waals surface area contributed by atoms with E-state index in [-0.39, 0.29) is 39.6 Å². The maximum absolute atomic E-state index is 12.4. The highest BCUT2D eigenvalue weighted by atomic mass is 16.6. The average Bonchev–Trinajstić information content (AvgIpc) is 3.15. The molecule has 4 aliphatic rings. The predicted molar refractivity (Wildman–Crippen MR) is 184 cm³/mol. The molecule has 4 aliphatic heterocycles. The highest BCUT2D eigenvalue weighted by molar-refractivity contribution is 5.74. The zero-order valence-electron chi connectivity index (χ0n) is 31.6. The number of nitrogens with two attached hydrogens (primary N) is 1. The molecule has 4 fully saturated rings. The van der Waals surface area contributed by atoms with Crippen molar-refractivity contribution in [3.63, 3.8) is 0 Å². The number of aliphatic hydroxyl groups is 6. The zero-order valence-corrected chi connectivity index (χ0v) is 31.6. The van der Waals surface area contributed by atoms with Crippen molar-refractivity contribution in [3.05, 3.63) is 0 Å². The lowest BCUT2D eigenvalue weighted by molar-refractivity contribution is -0.251. The number of carbonyl (C=O) groups is 2. The molecule has 0 amide bonds. The van der Waals surface area contributed by atoms with Crippen LogP contribution in [0.2, 0.25) is 0 Å². The van der Waals surface area contributed by atoms with Gasteiger partial charge in [0.15, 0.2) is 12.2 Å². The molecule has 4 heterocycles. The van der Waals surface area contributed by atoms with E-state index in [1.807, 2.05) is 0 Å². The number of rotatable bonds is 18. The monoisotopic (exact) mass is 800 g/mol. The van der Waals surface area contributed by atoms with Gasteiger partial charge in [-0.15, -0.1) is 0 Å². The van der Waals surface area contributed by atoms with Gasteiger partial charge in [0, 0.05) is 32.0 Å². The van der Waals surface area contributed by atoms with Crippen LogP contribution in [0.15, 0.2) is 0 Å². The Hall–Kier alpha value is -1.74. The quantitative estimate of drug-likeness (QED) is 0.0620. The summed E-state index contributed by atoms with van der Waals surface area (Å²) < 4.78 is 50.9. The zero-order chi connectivity index (χ0) is 40.7. The van der Waals surface area contributed by atoms with Crippen LogP contribution in [0.25, 0.3) is 0 Å². The van der Waals surface area contributed by atoms with Crippen LogP contribution in [0, 0.1) is 17.8 Å². The first-order valence-corrected chi connectivity index (χ1v) is 18.4. The fourth-order valence-electron chi connectivity index (χ4n) is 7.85. The van der Waals surface area contributed by atoms with Gasteiger partial charge in [-0.05, 0) is 14.0 Å². The van der Waals surface area contributed by atoms with E-state index in [9.17, 15) is 50.4 Å². The molecule has 4 rings (SSSR count). The van der Waals surface area contributed by atoms with Gasteiger partial charge in [-0.3, -0.25) is 0 Å².